The first-order chi connectivity index (χ1) is 25.5. The molecule has 0 saturated carbocycles. The van der Waals surface area contributed by atoms with Crippen LogP contribution in [0.1, 0.15) is 90.2 Å². The number of carbonyl (C=O) groups is 2. The van der Waals surface area contributed by atoms with E-state index in [1.54, 1.807) is 13.8 Å². The number of rotatable bonds is 15. The lowest BCUT2D eigenvalue weighted by Crippen LogP contribution is -2.11. The Morgan fingerprint density at radius 2 is 0.827 bits per heavy atom. The highest BCUT2D eigenvalue weighted by atomic mass is 16.7. The van der Waals surface area contributed by atoms with Crippen molar-refractivity contribution in [2.75, 3.05) is 13.2 Å². The largest absolute Gasteiger partial charge is 0.513 e. The molecule has 6 rings (SSSR count). The molecule has 6 aromatic carbocycles. The van der Waals surface area contributed by atoms with Crippen LogP contribution in [0.2, 0.25) is 0 Å². The summed E-state index contributed by atoms with van der Waals surface area (Å²) in [6.45, 7) is 8.44. The molecule has 0 unspecified atom stereocenters. The molecule has 0 aliphatic carbocycles. The molecular weight excluding hydrogens is 648 g/mol. The van der Waals surface area contributed by atoms with Crippen LogP contribution in [0.5, 0.6) is 11.5 Å². The molecular formula is C46H50O6. The molecule has 0 bridgehead atoms. The number of unbranched alkanes of at least 4 members (excludes halogenated alkanes) is 6. The minimum absolute atomic E-state index is 0.216. The van der Waals surface area contributed by atoms with Crippen molar-refractivity contribution in [2.45, 2.75) is 91.9 Å². The number of hydrogen-bond acceptors (Lipinski definition) is 6. The van der Waals surface area contributed by atoms with E-state index in [1.807, 2.05) is 36.4 Å². The minimum atomic E-state index is -0.727. The van der Waals surface area contributed by atoms with Gasteiger partial charge in [0, 0.05) is 21.5 Å². The third-order valence-electron chi connectivity index (χ3n) is 9.86. The smallest absolute Gasteiger partial charge is 0.434 e. The van der Waals surface area contributed by atoms with E-state index >= 15 is 0 Å². The van der Waals surface area contributed by atoms with E-state index in [0.29, 0.717) is 11.5 Å². The summed E-state index contributed by atoms with van der Waals surface area (Å²) in [6.07, 6.45) is 9.77. The van der Waals surface area contributed by atoms with Crippen molar-refractivity contribution in [3.05, 3.63) is 96.1 Å². The second kappa shape index (κ2) is 17.4. The van der Waals surface area contributed by atoms with Crippen molar-refractivity contribution in [3.8, 4) is 22.6 Å². The first-order valence-corrected chi connectivity index (χ1v) is 19.1. The van der Waals surface area contributed by atoms with Gasteiger partial charge in [-0.05, 0) is 83.3 Å². The predicted molar refractivity (Wildman–Crippen MR) is 213 cm³/mol. The Labute approximate surface area is 307 Å². The fraction of sp³-hybridized carbons (Fsp3) is 0.348. The third-order valence-corrected chi connectivity index (χ3v) is 9.86. The van der Waals surface area contributed by atoms with Crippen LogP contribution in [0.4, 0.5) is 9.59 Å². The summed E-state index contributed by atoms with van der Waals surface area (Å²) < 4.78 is 22.6. The summed E-state index contributed by atoms with van der Waals surface area (Å²) >= 11 is 0. The van der Waals surface area contributed by atoms with Gasteiger partial charge in [0.05, 0.1) is 13.2 Å². The lowest BCUT2D eigenvalue weighted by molar-refractivity contribution is 0.104. The van der Waals surface area contributed by atoms with E-state index in [0.717, 1.165) is 79.9 Å². The molecule has 6 aromatic rings. The third kappa shape index (κ3) is 7.86. The van der Waals surface area contributed by atoms with Crippen LogP contribution in [-0.4, -0.2) is 25.5 Å². The van der Waals surface area contributed by atoms with E-state index in [1.165, 1.54) is 49.7 Å². The lowest BCUT2D eigenvalue weighted by atomic mass is 9.84. The van der Waals surface area contributed by atoms with Crippen LogP contribution in [0.25, 0.3) is 54.2 Å². The second-order valence-electron chi connectivity index (χ2n) is 13.5. The summed E-state index contributed by atoms with van der Waals surface area (Å²) in [5.41, 5.74) is 4.55. The maximum Gasteiger partial charge on any atom is 0.513 e. The molecule has 6 nitrogen and oxygen atoms in total. The van der Waals surface area contributed by atoms with Gasteiger partial charge in [-0.25, -0.2) is 9.59 Å². The van der Waals surface area contributed by atoms with Gasteiger partial charge in [-0.3, -0.25) is 0 Å². The summed E-state index contributed by atoms with van der Waals surface area (Å²) in [6, 6.07) is 29.3. The molecule has 0 aromatic heterocycles. The molecule has 270 valence electrons. The van der Waals surface area contributed by atoms with Gasteiger partial charge >= 0.3 is 12.3 Å². The molecule has 0 aliphatic rings. The van der Waals surface area contributed by atoms with Gasteiger partial charge in [0.25, 0.3) is 0 Å². The zero-order valence-corrected chi connectivity index (χ0v) is 31.0. The highest BCUT2D eigenvalue weighted by Gasteiger charge is 2.25. The standard InChI is InChI=1S/C46H50O6/c1-5-9-11-13-19-31-25-27-37-39(29-31)41(33-21-15-17-23-35(33)43(37)51-45(47)49-7-3)42-34-22-16-18-24-36(34)44(52-46(48)50-8-4)38-28-26-32(30-40(38)42)20-14-12-10-6-2/h15-18,21-30H,5-14,19-20H2,1-4H3. The maximum absolute atomic E-state index is 12.9. The Kier molecular flexibility index (Phi) is 12.3. The van der Waals surface area contributed by atoms with Crippen LogP contribution in [0.3, 0.4) is 0 Å². The summed E-state index contributed by atoms with van der Waals surface area (Å²) in [5, 5.41) is 7.18. The van der Waals surface area contributed by atoms with Crippen LogP contribution in [0, 0.1) is 0 Å². The van der Waals surface area contributed by atoms with Gasteiger partial charge < -0.3 is 18.9 Å². The normalized spacial score (nSPS) is 11.4. The Balaban J connectivity index is 1.72. The van der Waals surface area contributed by atoms with E-state index in [9.17, 15) is 9.59 Å². The number of fused-ring (bicyclic) bond motifs is 4. The van der Waals surface area contributed by atoms with Crippen molar-refractivity contribution < 1.29 is 28.5 Å². The van der Waals surface area contributed by atoms with Crippen molar-refractivity contribution in [2.24, 2.45) is 0 Å². The molecule has 0 N–H and O–H groups in total. The Morgan fingerprint density at radius 3 is 1.21 bits per heavy atom. The Bertz CT molecular complexity index is 2040. The van der Waals surface area contributed by atoms with Crippen molar-refractivity contribution in [1.82, 2.24) is 0 Å². The van der Waals surface area contributed by atoms with Crippen LogP contribution in [-0.2, 0) is 22.3 Å². The Morgan fingerprint density at radius 1 is 0.442 bits per heavy atom. The van der Waals surface area contributed by atoms with Gasteiger partial charge in [-0.2, -0.15) is 0 Å². The molecule has 0 fully saturated rings. The number of ether oxygens (including phenoxy) is 4. The maximum atomic E-state index is 12.9. The van der Waals surface area contributed by atoms with Gasteiger partial charge in [-0.1, -0.05) is 137 Å². The predicted octanol–water partition coefficient (Wildman–Crippen LogP) is 13.3. The molecule has 0 aliphatic heterocycles. The molecule has 0 amide bonds. The number of benzene rings is 6. The average molecular weight is 699 g/mol. The van der Waals surface area contributed by atoms with Crippen LogP contribution in [0.15, 0.2) is 84.9 Å². The van der Waals surface area contributed by atoms with Crippen molar-refractivity contribution in [3.63, 3.8) is 0 Å². The van der Waals surface area contributed by atoms with Crippen molar-refractivity contribution in [1.29, 1.82) is 0 Å². The van der Waals surface area contributed by atoms with Crippen LogP contribution >= 0.6 is 0 Å². The zero-order valence-electron chi connectivity index (χ0n) is 31.0. The molecule has 0 atom stereocenters. The quantitative estimate of drug-likeness (QED) is 0.0460. The zero-order chi connectivity index (χ0) is 36.5. The molecule has 0 heterocycles. The monoisotopic (exact) mass is 698 g/mol. The Hall–Kier alpha value is -5.10. The number of aryl methyl sites for hydroxylation is 2. The molecule has 6 heteroatoms. The fourth-order valence-electron chi connectivity index (χ4n) is 7.41. The number of carbonyl (C=O) groups excluding carboxylic acids is 2. The van der Waals surface area contributed by atoms with Gasteiger partial charge in [0.1, 0.15) is 11.5 Å². The van der Waals surface area contributed by atoms with Crippen molar-refractivity contribution >= 4 is 55.4 Å². The highest BCUT2D eigenvalue weighted by molar-refractivity contribution is 6.27. The van der Waals surface area contributed by atoms with E-state index < -0.39 is 12.3 Å². The lowest BCUT2D eigenvalue weighted by Gasteiger charge is -2.22. The summed E-state index contributed by atoms with van der Waals surface area (Å²) in [4.78, 5) is 25.8. The summed E-state index contributed by atoms with van der Waals surface area (Å²) in [7, 11) is 0. The highest BCUT2D eigenvalue weighted by Crippen LogP contribution is 2.50. The van der Waals surface area contributed by atoms with Gasteiger partial charge in [-0.15, -0.1) is 0 Å². The molecule has 0 spiro atoms. The van der Waals surface area contributed by atoms with Gasteiger partial charge in [0.15, 0.2) is 0 Å². The minimum Gasteiger partial charge on any atom is -0.434 e. The summed E-state index contributed by atoms with van der Waals surface area (Å²) in [5.74, 6) is 0.968. The molecule has 0 saturated heterocycles. The topological polar surface area (TPSA) is 71.1 Å². The first-order valence-electron chi connectivity index (χ1n) is 19.1. The molecule has 0 radical (unpaired) electrons. The van der Waals surface area contributed by atoms with E-state index in [-0.39, 0.29) is 13.2 Å². The van der Waals surface area contributed by atoms with Crippen LogP contribution < -0.4 is 9.47 Å². The van der Waals surface area contributed by atoms with Gasteiger partial charge in [0.2, 0.25) is 0 Å². The second-order valence-corrected chi connectivity index (χ2v) is 13.5. The first kappa shape index (κ1) is 36.7. The SMILES string of the molecule is CCCCCCc1ccc2c(OC(=O)OCC)c3ccccc3c(-c3c4ccccc4c(OC(=O)OCC)c4ccc(CCCCCC)cc34)c2c1. The molecule has 52 heavy (non-hydrogen) atoms. The average Bonchev–Trinajstić information content (AvgIpc) is 3.16. The fourth-order valence-corrected chi connectivity index (χ4v) is 7.41. The van der Waals surface area contributed by atoms with E-state index in [2.05, 4.69) is 62.4 Å². The number of hydrogen-bond donors (Lipinski definition) is 0. The van der Waals surface area contributed by atoms with E-state index in [4.69, 9.17) is 18.9 Å².